The second-order valence-corrected chi connectivity index (χ2v) is 8.98. The average molecular weight is 411 g/mol. The van der Waals surface area contributed by atoms with Crippen molar-refractivity contribution in [3.63, 3.8) is 0 Å². The van der Waals surface area contributed by atoms with Gasteiger partial charge in [-0.3, -0.25) is 0 Å². The third-order valence-electron chi connectivity index (χ3n) is 5.22. The van der Waals surface area contributed by atoms with Crippen molar-refractivity contribution in [1.82, 2.24) is 4.98 Å². The third-order valence-corrected chi connectivity index (χ3v) is 6.00. The Morgan fingerprint density at radius 1 is 1.00 bits per heavy atom. The second kappa shape index (κ2) is 11.7. The van der Waals surface area contributed by atoms with Gasteiger partial charge in [0.1, 0.15) is 5.82 Å². The highest BCUT2D eigenvalue weighted by molar-refractivity contribution is 6.48. The Morgan fingerprint density at radius 2 is 1.63 bits per heavy atom. The zero-order chi connectivity index (χ0) is 19.5. The molecule has 2 aliphatic carbocycles. The minimum atomic E-state index is -1.02. The van der Waals surface area contributed by atoms with Crippen molar-refractivity contribution < 1.29 is 0 Å². The Bertz CT molecular complexity index is 585. The predicted octanol–water partition coefficient (Wildman–Crippen LogP) is 6.35. The fourth-order valence-electron chi connectivity index (χ4n) is 3.55. The van der Waals surface area contributed by atoms with Crippen molar-refractivity contribution >= 4 is 35.0 Å². The zero-order valence-corrected chi connectivity index (χ0v) is 18.1. The quantitative estimate of drug-likeness (QED) is 0.329. The molecule has 6 heteroatoms. The molecule has 27 heavy (non-hydrogen) atoms. The Labute approximate surface area is 174 Å². The fourth-order valence-corrected chi connectivity index (χ4v) is 4.06. The number of pyridine rings is 1. The van der Waals surface area contributed by atoms with Crippen LogP contribution in [0.2, 0.25) is 0 Å². The Hall–Kier alpha value is -1.09. The molecule has 1 aromatic heterocycles. The standard InChI is InChI=1S/C14H22Cl2N2.C7H10N2/c15-14(16,12-7-3-1-4-8-12)18-11-17-13-9-5-2-6-10-13;1-9(2)7-5-3-4-6-8-7/h12-13H,1-10H2;3-6H,1-2H3. The van der Waals surface area contributed by atoms with E-state index in [1.54, 1.807) is 6.20 Å². The minimum Gasteiger partial charge on any atom is -0.363 e. The highest BCUT2D eigenvalue weighted by Gasteiger charge is 2.35. The van der Waals surface area contributed by atoms with E-state index in [4.69, 9.17) is 23.2 Å². The van der Waals surface area contributed by atoms with Crippen LogP contribution in [0.5, 0.6) is 0 Å². The van der Waals surface area contributed by atoms with E-state index >= 15 is 0 Å². The van der Waals surface area contributed by atoms with Gasteiger partial charge in [0.15, 0.2) is 0 Å². The smallest absolute Gasteiger partial charge is 0.220 e. The van der Waals surface area contributed by atoms with E-state index in [1.807, 2.05) is 37.2 Å². The van der Waals surface area contributed by atoms with Crippen molar-refractivity contribution in [3.05, 3.63) is 24.4 Å². The summed E-state index contributed by atoms with van der Waals surface area (Å²) in [6.07, 6.45) is 13.8. The van der Waals surface area contributed by atoms with Crippen molar-refractivity contribution in [2.45, 2.75) is 74.7 Å². The number of hydrogen-bond acceptors (Lipinski definition) is 4. The van der Waals surface area contributed by atoms with Gasteiger partial charge in [0.05, 0.1) is 12.1 Å². The molecule has 0 saturated heterocycles. The number of nitrogens with zero attached hydrogens (tertiary/aromatic N) is 4. The molecule has 1 heterocycles. The lowest BCUT2D eigenvalue weighted by Crippen LogP contribution is -2.25. The summed E-state index contributed by atoms with van der Waals surface area (Å²) in [5.41, 5.74) is 0. The lowest BCUT2D eigenvalue weighted by Gasteiger charge is -2.28. The van der Waals surface area contributed by atoms with Crippen LogP contribution in [0.4, 0.5) is 5.82 Å². The van der Waals surface area contributed by atoms with Crippen molar-refractivity contribution in [2.24, 2.45) is 15.9 Å². The first-order valence-electron chi connectivity index (χ1n) is 10.1. The van der Waals surface area contributed by atoms with E-state index in [0.717, 1.165) is 31.5 Å². The fraction of sp³-hybridized carbons (Fsp3) is 0.714. The summed E-state index contributed by atoms with van der Waals surface area (Å²) in [6, 6.07) is 9.02. The highest BCUT2D eigenvalue weighted by Crippen LogP contribution is 2.40. The first kappa shape index (κ1) is 22.2. The number of rotatable bonds is 4. The number of aliphatic imine (C=N–C) groups is 2. The molecule has 0 aromatic carbocycles. The maximum Gasteiger partial charge on any atom is 0.220 e. The van der Waals surface area contributed by atoms with Gasteiger partial charge in [0.25, 0.3) is 0 Å². The third kappa shape index (κ3) is 8.21. The van der Waals surface area contributed by atoms with Gasteiger partial charge >= 0.3 is 0 Å². The van der Waals surface area contributed by atoms with Crippen LogP contribution in [-0.4, -0.2) is 35.6 Å². The Balaban J connectivity index is 0.000000244. The van der Waals surface area contributed by atoms with Crippen LogP contribution in [-0.2, 0) is 0 Å². The molecule has 0 unspecified atom stereocenters. The molecule has 2 saturated carbocycles. The zero-order valence-electron chi connectivity index (χ0n) is 16.6. The molecule has 1 aromatic rings. The molecule has 0 N–H and O–H groups in total. The van der Waals surface area contributed by atoms with Crippen LogP contribution >= 0.6 is 23.2 Å². The van der Waals surface area contributed by atoms with Gasteiger partial charge in [0, 0.05) is 26.2 Å². The van der Waals surface area contributed by atoms with E-state index in [0.29, 0.717) is 6.04 Å². The lowest BCUT2D eigenvalue weighted by molar-refractivity contribution is 0.330. The summed E-state index contributed by atoms with van der Waals surface area (Å²) in [5, 5.41) is 0. The highest BCUT2D eigenvalue weighted by atomic mass is 35.5. The van der Waals surface area contributed by atoms with Gasteiger partial charge in [-0.2, -0.15) is 4.99 Å². The normalized spacial score (nSPS) is 18.7. The molecule has 0 amide bonds. The van der Waals surface area contributed by atoms with E-state index in [9.17, 15) is 0 Å². The summed E-state index contributed by atoms with van der Waals surface area (Å²) >= 11 is 12.6. The molecule has 0 radical (unpaired) electrons. The van der Waals surface area contributed by atoms with Gasteiger partial charge in [-0.15, -0.1) is 0 Å². The maximum atomic E-state index is 6.31. The number of anilines is 1. The van der Waals surface area contributed by atoms with E-state index < -0.39 is 4.46 Å². The molecular weight excluding hydrogens is 379 g/mol. The molecular formula is C21H32Cl2N4. The van der Waals surface area contributed by atoms with E-state index in [2.05, 4.69) is 21.0 Å². The van der Waals surface area contributed by atoms with E-state index in [-0.39, 0.29) is 5.92 Å². The van der Waals surface area contributed by atoms with Crippen molar-refractivity contribution in [3.8, 4) is 0 Å². The first-order valence-corrected chi connectivity index (χ1v) is 10.9. The predicted molar refractivity (Wildman–Crippen MR) is 116 cm³/mol. The first-order chi connectivity index (χ1) is 13.0. The SMILES string of the molecule is CN(C)c1ccccn1.ClC(Cl)(N=C=NC1CCCCC1)C1CCCCC1. The summed E-state index contributed by atoms with van der Waals surface area (Å²) < 4.78 is -1.02. The number of aromatic nitrogens is 1. The van der Waals surface area contributed by atoms with Crippen molar-refractivity contribution in [2.75, 3.05) is 19.0 Å². The summed E-state index contributed by atoms with van der Waals surface area (Å²) in [5.74, 6) is 1.26. The topological polar surface area (TPSA) is 40.9 Å². The largest absolute Gasteiger partial charge is 0.363 e. The van der Waals surface area contributed by atoms with Gasteiger partial charge < -0.3 is 4.90 Å². The van der Waals surface area contributed by atoms with Crippen LogP contribution in [0.1, 0.15) is 64.2 Å². The number of hydrogen-bond donors (Lipinski definition) is 0. The molecule has 0 aliphatic heterocycles. The number of halogens is 2. The molecule has 0 spiro atoms. The van der Waals surface area contributed by atoms with E-state index in [1.165, 1.54) is 38.5 Å². The summed E-state index contributed by atoms with van der Waals surface area (Å²) in [7, 11) is 3.95. The second-order valence-electron chi connectivity index (χ2n) is 7.64. The molecule has 2 fully saturated rings. The Morgan fingerprint density at radius 3 is 2.15 bits per heavy atom. The molecule has 0 atom stereocenters. The molecule has 150 valence electrons. The van der Waals surface area contributed by atoms with Crippen LogP contribution in [0.15, 0.2) is 34.4 Å². The monoisotopic (exact) mass is 410 g/mol. The summed E-state index contributed by atoms with van der Waals surface area (Å²) in [6.45, 7) is 0. The molecule has 2 aliphatic rings. The number of alkyl halides is 2. The van der Waals surface area contributed by atoms with Crippen molar-refractivity contribution in [1.29, 1.82) is 0 Å². The van der Waals surface area contributed by atoms with Gasteiger partial charge in [-0.1, -0.05) is 67.8 Å². The van der Waals surface area contributed by atoms with Crippen LogP contribution in [0, 0.1) is 5.92 Å². The van der Waals surface area contributed by atoms with Gasteiger partial charge in [-0.05, 0) is 37.8 Å². The Kier molecular flexibility index (Phi) is 9.61. The molecule has 4 nitrogen and oxygen atoms in total. The molecule has 0 bridgehead atoms. The van der Waals surface area contributed by atoms with Crippen LogP contribution < -0.4 is 4.90 Å². The van der Waals surface area contributed by atoms with Gasteiger partial charge in [0.2, 0.25) is 4.46 Å². The minimum absolute atomic E-state index is 0.267. The molecule has 3 rings (SSSR count). The van der Waals surface area contributed by atoms with Crippen LogP contribution in [0.25, 0.3) is 0 Å². The van der Waals surface area contributed by atoms with Crippen LogP contribution in [0.3, 0.4) is 0 Å². The summed E-state index contributed by atoms with van der Waals surface area (Å²) in [4.78, 5) is 14.6. The maximum absolute atomic E-state index is 6.31. The lowest BCUT2D eigenvalue weighted by atomic mass is 9.89. The average Bonchev–Trinajstić information content (AvgIpc) is 2.70. The van der Waals surface area contributed by atoms with Gasteiger partial charge in [-0.25, -0.2) is 9.98 Å².